The molecule has 1 amide bonds. The van der Waals surface area contributed by atoms with Crippen LogP contribution in [0.15, 0.2) is 30.5 Å². The summed E-state index contributed by atoms with van der Waals surface area (Å²) >= 11 is 1.29. The van der Waals surface area contributed by atoms with Crippen molar-refractivity contribution in [1.29, 1.82) is 0 Å². The first kappa shape index (κ1) is 20.9. The summed E-state index contributed by atoms with van der Waals surface area (Å²) in [6.07, 6.45) is 1.63. The molecule has 1 aliphatic heterocycles. The lowest BCUT2D eigenvalue weighted by Gasteiger charge is -2.33. The number of hydrogen-bond acceptors (Lipinski definition) is 10. The van der Waals surface area contributed by atoms with E-state index in [1.165, 1.54) is 16.2 Å². The molecule has 2 N–H and O–H groups in total. The van der Waals surface area contributed by atoms with Crippen LogP contribution >= 0.6 is 11.3 Å². The molecule has 162 valence electrons. The highest BCUT2D eigenvalue weighted by molar-refractivity contribution is 7.18. The summed E-state index contributed by atoms with van der Waals surface area (Å²) in [5, 5.41) is 0.431. The van der Waals surface area contributed by atoms with Crippen LogP contribution in [0.25, 0.3) is 10.7 Å². The maximum Gasteiger partial charge on any atom is 0.327 e. The molecule has 3 heterocycles. The van der Waals surface area contributed by atoms with Gasteiger partial charge in [-0.2, -0.15) is 15.0 Å². The van der Waals surface area contributed by atoms with Gasteiger partial charge in [-0.05, 0) is 31.2 Å². The highest BCUT2D eigenvalue weighted by atomic mass is 32.1. The molecule has 1 aromatic carbocycles. The van der Waals surface area contributed by atoms with Gasteiger partial charge in [-0.25, -0.2) is 4.98 Å². The third kappa shape index (κ3) is 4.72. The van der Waals surface area contributed by atoms with Gasteiger partial charge in [0, 0.05) is 26.2 Å². The molecule has 0 bridgehead atoms. The van der Waals surface area contributed by atoms with Crippen molar-refractivity contribution in [3.63, 3.8) is 0 Å². The number of thiazole rings is 1. The van der Waals surface area contributed by atoms with Crippen molar-refractivity contribution < 1.29 is 14.3 Å². The molecule has 0 radical (unpaired) electrons. The predicted molar refractivity (Wildman–Crippen MR) is 118 cm³/mol. The van der Waals surface area contributed by atoms with Crippen LogP contribution in [0.3, 0.4) is 0 Å². The fourth-order valence-electron chi connectivity index (χ4n) is 3.07. The molecule has 1 atom stereocenters. The zero-order chi connectivity index (χ0) is 22.0. The van der Waals surface area contributed by atoms with E-state index in [1.54, 1.807) is 44.6 Å². The van der Waals surface area contributed by atoms with Gasteiger partial charge >= 0.3 is 6.01 Å². The van der Waals surface area contributed by atoms with Crippen molar-refractivity contribution in [2.45, 2.75) is 13.0 Å². The minimum Gasteiger partial charge on any atom is -0.424 e. The Morgan fingerprint density at radius 1 is 1.26 bits per heavy atom. The summed E-state index contributed by atoms with van der Waals surface area (Å²) in [5.41, 5.74) is 6.35. The fraction of sp³-hybridized carbons (Fsp3) is 0.350. The number of hydrogen-bond donors (Lipinski definition) is 1. The van der Waals surface area contributed by atoms with Gasteiger partial charge in [0.25, 0.3) is 5.91 Å². The third-order valence-corrected chi connectivity index (χ3v) is 5.51. The normalized spacial score (nSPS) is 16.2. The number of carbonyl (C=O) groups excluding carboxylic acids is 1. The first-order valence-corrected chi connectivity index (χ1v) is 10.5. The zero-order valence-electron chi connectivity index (χ0n) is 17.5. The van der Waals surface area contributed by atoms with Crippen LogP contribution in [0.5, 0.6) is 11.8 Å². The second-order valence-corrected chi connectivity index (χ2v) is 8.31. The van der Waals surface area contributed by atoms with Crippen molar-refractivity contribution in [3.05, 3.63) is 36.0 Å². The van der Waals surface area contributed by atoms with Crippen molar-refractivity contribution in [3.8, 4) is 22.5 Å². The van der Waals surface area contributed by atoms with E-state index in [0.717, 1.165) is 4.88 Å². The second kappa shape index (κ2) is 8.82. The molecular weight excluding hydrogens is 418 g/mol. The number of morpholine rings is 1. The molecule has 0 aliphatic carbocycles. The summed E-state index contributed by atoms with van der Waals surface area (Å²) < 4.78 is 11.4. The summed E-state index contributed by atoms with van der Waals surface area (Å²) in [6.45, 7) is 3.90. The third-order valence-electron chi connectivity index (χ3n) is 4.69. The standard InChI is InChI=1S/C20H23N7O3S/c1-12-11-29-9-8-27(12)19-23-16(15-10-22-18(21)31-15)24-20(25-19)30-14-6-4-13(5-7-14)17(28)26(2)3/h4-7,10,12H,8-9,11H2,1-3H3,(H2,21,22)/t12-/m0/s1. The molecule has 0 saturated carbocycles. The average Bonchev–Trinajstić information content (AvgIpc) is 3.20. The van der Waals surface area contributed by atoms with E-state index in [0.29, 0.717) is 48.0 Å². The van der Waals surface area contributed by atoms with Crippen molar-refractivity contribution >= 4 is 28.3 Å². The summed E-state index contributed by atoms with van der Waals surface area (Å²) in [7, 11) is 3.42. The molecule has 0 unspecified atom stereocenters. The van der Waals surface area contributed by atoms with Crippen LogP contribution < -0.4 is 15.4 Å². The van der Waals surface area contributed by atoms with Crippen molar-refractivity contribution in [2.24, 2.45) is 0 Å². The van der Waals surface area contributed by atoms with Crippen LogP contribution in [0, 0.1) is 0 Å². The summed E-state index contributed by atoms with van der Waals surface area (Å²) in [5.74, 6) is 1.37. The molecule has 1 fully saturated rings. The minimum absolute atomic E-state index is 0.0830. The predicted octanol–water partition coefficient (Wildman–Crippen LogP) is 2.30. The summed E-state index contributed by atoms with van der Waals surface area (Å²) in [4.78, 5) is 34.1. The molecule has 1 aliphatic rings. The number of rotatable bonds is 5. The van der Waals surface area contributed by atoms with Crippen LogP contribution in [0.4, 0.5) is 11.1 Å². The SMILES string of the molecule is C[C@H]1COCCN1c1nc(Oc2ccc(C(=O)N(C)C)cc2)nc(-c2cnc(N)s2)n1. The lowest BCUT2D eigenvalue weighted by Crippen LogP contribution is -2.44. The molecule has 31 heavy (non-hydrogen) atoms. The number of benzene rings is 1. The number of nitrogens with two attached hydrogens (primary N) is 1. The first-order chi connectivity index (χ1) is 14.9. The van der Waals surface area contributed by atoms with E-state index >= 15 is 0 Å². The first-order valence-electron chi connectivity index (χ1n) is 9.72. The largest absolute Gasteiger partial charge is 0.424 e. The van der Waals surface area contributed by atoms with E-state index in [4.69, 9.17) is 15.2 Å². The minimum atomic E-state index is -0.0830. The Hall–Kier alpha value is -3.31. The number of amides is 1. The Morgan fingerprint density at radius 2 is 2.03 bits per heavy atom. The number of carbonyl (C=O) groups is 1. The van der Waals surface area contributed by atoms with Gasteiger partial charge in [0.1, 0.15) is 5.75 Å². The van der Waals surface area contributed by atoms with Gasteiger partial charge in [0.2, 0.25) is 5.95 Å². The van der Waals surface area contributed by atoms with Crippen LogP contribution in [-0.2, 0) is 4.74 Å². The smallest absolute Gasteiger partial charge is 0.327 e. The number of ether oxygens (including phenoxy) is 2. The van der Waals surface area contributed by atoms with Gasteiger partial charge in [0.15, 0.2) is 11.0 Å². The molecule has 1 saturated heterocycles. The van der Waals surface area contributed by atoms with Gasteiger partial charge in [-0.3, -0.25) is 4.79 Å². The lowest BCUT2D eigenvalue weighted by atomic mass is 10.2. The maximum absolute atomic E-state index is 12.1. The number of anilines is 2. The molecule has 11 heteroatoms. The Morgan fingerprint density at radius 3 is 2.68 bits per heavy atom. The zero-order valence-corrected chi connectivity index (χ0v) is 18.3. The Balaban J connectivity index is 1.66. The Kier molecular flexibility index (Phi) is 5.96. The van der Waals surface area contributed by atoms with Gasteiger partial charge in [0.05, 0.1) is 30.3 Å². The monoisotopic (exact) mass is 441 g/mol. The van der Waals surface area contributed by atoms with E-state index in [9.17, 15) is 4.79 Å². The number of nitrogens with zero attached hydrogens (tertiary/aromatic N) is 6. The van der Waals surface area contributed by atoms with Crippen LogP contribution in [-0.4, -0.2) is 70.6 Å². The number of aromatic nitrogens is 4. The van der Waals surface area contributed by atoms with Crippen LogP contribution in [0.2, 0.25) is 0 Å². The maximum atomic E-state index is 12.1. The highest BCUT2D eigenvalue weighted by Crippen LogP contribution is 2.29. The lowest BCUT2D eigenvalue weighted by molar-refractivity contribution is 0.0827. The molecule has 10 nitrogen and oxygen atoms in total. The second-order valence-electron chi connectivity index (χ2n) is 7.25. The van der Waals surface area contributed by atoms with E-state index in [2.05, 4.69) is 24.8 Å². The van der Waals surface area contributed by atoms with Crippen molar-refractivity contribution in [1.82, 2.24) is 24.8 Å². The Bertz CT molecular complexity index is 1070. The van der Waals surface area contributed by atoms with Crippen molar-refractivity contribution in [2.75, 3.05) is 44.5 Å². The molecule has 4 rings (SSSR count). The molecule has 2 aromatic heterocycles. The summed E-state index contributed by atoms with van der Waals surface area (Å²) in [6, 6.07) is 7.09. The molecule has 0 spiro atoms. The van der Waals surface area contributed by atoms with E-state index < -0.39 is 0 Å². The highest BCUT2D eigenvalue weighted by Gasteiger charge is 2.24. The topological polar surface area (TPSA) is 120 Å². The van der Waals surface area contributed by atoms with Gasteiger partial charge in [-0.15, -0.1) is 0 Å². The molecular formula is C20H23N7O3S. The van der Waals surface area contributed by atoms with Gasteiger partial charge < -0.3 is 25.0 Å². The Labute approximate surface area is 183 Å². The molecule has 3 aromatic rings. The fourth-order valence-corrected chi connectivity index (χ4v) is 3.69. The number of nitrogen functional groups attached to an aromatic ring is 1. The van der Waals surface area contributed by atoms with Gasteiger partial charge in [-0.1, -0.05) is 11.3 Å². The van der Waals surface area contributed by atoms with Crippen LogP contribution in [0.1, 0.15) is 17.3 Å². The average molecular weight is 442 g/mol. The van der Waals surface area contributed by atoms with E-state index in [1.807, 2.05) is 6.92 Å². The van der Waals surface area contributed by atoms with E-state index in [-0.39, 0.29) is 18.0 Å². The quantitative estimate of drug-likeness (QED) is 0.636.